The molecule has 0 atom stereocenters. The van der Waals surface area contributed by atoms with Gasteiger partial charge >= 0.3 is 0 Å². The number of anilines is 2. The van der Waals surface area contributed by atoms with Gasteiger partial charge in [0.05, 0.1) is 24.5 Å². The number of pyridine rings is 1. The van der Waals surface area contributed by atoms with Crippen molar-refractivity contribution in [2.75, 3.05) is 36.5 Å². The Kier molecular flexibility index (Phi) is 4.88. The van der Waals surface area contributed by atoms with Gasteiger partial charge in [0.2, 0.25) is 0 Å². The molecule has 3 heterocycles. The van der Waals surface area contributed by atoms with E-state index in [-0.39, 0.29) is 5.91 Å². The topological polar surface area (TPSA) is 67.4 Å². The fourth-order valence-corrected chi connectivity index (χ4v) is 3.14. The highest BCUT2D eigenvalue weighted by Crippen LogP contribution is 2.22. The number of thiazole rings is 1. The van der Waals surface area contributed by atoms with E-state index in [4.69, 9.17) is 4.74 Å². The molecule has 0 unspecified atom stereocenters. The maximum atomic E-state index is 12.3. The Hall–Kier alpha value is -1.99. The van der Waals surface area contributed by atoms with Crippen molar-refractivity contribution in [2.45, 2.75) is 19.8 Å². The van der Waals surface area contributed by atoms with Gasteiger partial charge in [0.25, 0.3) is 5.91 Å². The maximum Gasteiger partial charge on any atom is 0.259 e. The molecular weight excluding hydrogens is 312 g/mol. The first-order valence-electron chi connectivity index (χ1n) is 7.69. The molecule has 1 fully saturated rings. The Morgan fingerprint density at radius 3 is 2.74 bits per heavy atom. The highest BCUT2D eigenvalue weighted by molar-refractivity contribution is 7.14. The van der Waals surface area contributed by atoms with Crippen LogP contribution in [0.15, 0.2) is 23.7 Å². The van der Waals surface area contributed by atoms with Crippen LogP contribution in [0.4, 0.5) is 10.9 Å². The second-order valence-electron chi connectivity index (χ2n) is 5.69. The van der Waals surface area contributed by atoms with Crippen LogP contribution in [-0.2, 0) is 4.74 Å². The summed E-state index contributed by atoms with van der Waals surface area (Å²) in [6.07, 6.45) is 1.61. The lowest BCUT2D eigenvalue weighted by molar-refractivity contribution is 0.102. The maximum absolute atomic E-state index is 12.3. The van der Waals surface area contributed by atoms with Crippen LogP contribution in [0.2, 0.25) is 0 Å². The standard InChI is InChI=1S/C16H20N4O2S/c1-11(2)13-10-23-16(18-13)19-15(21)12-3-4-14(17-9-12)20-5-7-22-8-6-20/h3-4,9-11H,5-8H2,1-2H3,(H,18,19,21). The van der Waals surface area contributed by atoms with E-state index in [9.17, 15) is 4.79 Å². The number of carbonyl (C=O) groups excluding carboxylic acids is 1. The van der Waals surface area contributed by atoms with Gasteiger partial charge in [-0.25, -0.2) is 9.97 Å². The fraction of sp³-hybridized carbons (Fsp3) is 0.438. The second kappa shape index (κ2) is 7.06. The third-order valence-corrected chi connectivity index (χ3v) is 4.46. The lowest BCUT2D eigenvalue weighted by Crippen LogP contribution is -2.36. The van der Waals surface area contributed by atoms with Crippen molar-refractivity contribution < 1.29 is 9.53 Å². The molecule has 7 heteroatoms. The monoisotopic (exact) mass is 332 g/mol. The SMILES string of the molecule is CC(C)c1csc(NC(=O)c2ccc(N3CCOCC3)nc2)n1. The average molecular weight is 332 g/mol. The molecule has 3 rings (SSSR count). The number of amides is 1. The second-order valence-corrected chi connectivity index (χ2v) is 6.55. The summed E-state index contributed by atoms with van der Waals surface area (Å²) in [4.78, 5) is 23.2. The number of carbonyl (C=O) groups is 1. The zero-order valence-electron chi connectivity index (χ0n) is 13.3. The zero-order chi connectivity index (χ0) is 16.2. The molecule has 1 saturated heterocycles. The van der Waals surface area contributed by atoms with E-state index in [0.717, 1.165) is 24.6 Å². The molecule has 0 aliphatic carbocycles. The number of aromatic nitrogens is 2. The van der Waals surface area contributed by atoms with E-state index in [1.165, 1.54) is 11.3 Å². The van der Waals surface area contributed by atoms with E-state index in [0.29, 0.717) is 29.8 Å². The highest BCUT2D eigenvalue weighted by Gasteiger charge is 2.14. The number of rotatable bonds is 4. The van der Waals surface area contributed by atoms with Crippen LogP contribution in [0.1, 0.15) is 35.8 Å². The van der Waals surface area contributed by atoms with Crippen LogP contribution in [-0.4, -0.2) is 42.2 Å². The predicted octanol–water partition coefficient (Wildman–Crippen LogP) is 2.75. The summed E-state index contributed by atoms with van der Waals surface area (Å²) in [6.45, 7) is 7.24. The Labute approximate surface area is 139 Å². The molecule has 0 spiro atoms. The minimum Gasteiger partial charge on any atom is -0.378 e. The molecule has 1 aliphatic heterocycles. The van der Waals surface area contributed by atoms with Crippen molar-refractivity contribution >= 4 is 28.2 Å². The Morgan fingerprint density at radius 2 is 2.13 bits per heavy atom. The predicted molar refractivity (Wildman–Crippen MR) is 91.4 cm³/mol. The molecule has 122 valence electrons. The molecule has 1 aliphatic rings. The van der Waals surface area contributed by atoms with Crippen LogP contribution in [0.25, 0.3) is 0 Å². The number of hydrogen-bond donors (Lipinski definition) is 1. The first-order valence-corrected chi connectivity index (χ1v) is 8.57. The molecule has 0 radical (unpaired) electrons. The van der Waals surface area contributed by atoms with Crippen LogP contribution >= 0.6 is 11.3 Å². The number of nitrogens with zero attached hydrogens (tertiary/aromatic N) is 3. The van der Waals surface area contributed by atoms with E-state index in [1.807, 2.05) is 11.4 Å². The third-order valence-electron chi connectivity index (χ3n) is 3.68. The van der Waals surface area contributed by atoms with Gasteiger partial charge in [-0.05, 0) is 18.1 Å². The van der Waals surface area contributed by atoms with Crippen molar-refractivity contribution in [1.29, 1.82) is 0 Å². The van der Waals surface area contributed by atoms with Crippen LogP contribution in [0, 0.1) is 0 Å². The molecule has 2 aromatic rings. The molecule has 0 bridgehead atoms. The smallest absolute Gasteiger partial charge is 0.259 e. The molecule has 2 aromatic heterocycles. The third kappa shape index (κ3) is 3.86. The molecule has 1 N–H and O–H groups in total. The van der Waals surface area contributed by atoms with Gasteiger partial charge in [0, 0.05) is 24.7 Å². The van der Waals surface area contributed by atoms with E-state index in [2.05, 4.69) is 34.0 Å². The van der Waals surface area contributed by atoms with Gasteiger partial charge in [0.15, 0.2) is 5.13 Å². The molecule has 0 saturated carbocycles. The Morgan fingerprint density at radius 1 is 1.35 bits per heavy atom. The van der Waals surface area contributed by atoms with Crippen LogP contribution < -0.4 is 10.2 Å². The molecule has 23 heavy (non-hydrogen) atoms. The first kappa shape index (κ1) is 15.9. The Bertz CT molecular complexity index is 663. The first-order chi connectivity index (χ1) is 11.1. The quantitative estimate of drug-likeness (QED) is 0.932. The zero-order valence-corrected chi connectivity index (χ0v) is 14.1. The van der Waals surface area contributed by atoms with Crippen LogP contribution in [0.3, 0.4) is 0 Å². The van der Waals surface area contributed by atoms with Gasteiger partial charge in [0.1, 0.15) is 5.82 Å². The van der Waals surface area contributed by atoms with Gasteiger partial charge in [-0.3, -0.25) is 10.1 Å². The number of nitrogens with one attached hydrogen (secondary N) is 1. The van der Waals surface area contributed by atoms with Crippen molar-refractivity contribution in [1.82, 2.24) is 9.97 Å². The molecule has 1 amide bonds. The van der Waals surface area contributed by atoms with Crippen molar-refractivity contribution in [3.8, 4) is 0 Å². The van der Waals surface area contributed by atoms with E-state index < -0.39 is 0 Å². The van der Waals surface area contributed by atoms with E-state index >= 15 is 0 Å². The summed E-state index contributed by atoms with van der Waals surface area (Å²) in [5.41, 5.74) is 1.52. The summed E-state index contributed by atoms with van der Waals surface area (Å²) in [5, 5.41) is 5.42. The minimum absolute atomic E-state index is 0.185. The summed E-state index contributed by atoms with van der Waals surface area (Å²) >= 11 is 1.44. The molecule has 0 aromatic carbocycles. The molecule has 6 nitrogen and oxygen atoms in total. The van der Waals surface area contributed by atoms with E-state index in [1.54, 1.807) is 12.3 Å². The highest BCUT2D eigenvalue weighted by atomic mass is 32.1. The number of morpholine rings is 1. The van der Waals surface area contributed by atoms with Gasteiger partial charge < -0.3 is 9.64 Å². The summed E-state index contributed by atoms with van der Waals surface area (Å²) in [5.74, 6) is 1.04. The Balaban J connectivity index is 1.64. The number of hydrogen-bond acceptors (Lipinski definition) is 6. The lowest BCUT2D eigenvalue weighted by atomic mass is 10.2. The normalized spacial score (nSPS) is 15.0. The summed E-state index contributed by atoms with van der Waals surface area (Å²) < 4.78 is 5.33. The van der Waals surface area contributed by atoms with Gasteiger partial charge in [-0.2, -0.15) is 0 Å². The largest absolute Gasteiger partial charge is 0.378 e. The molecular formula is C16H20N4O2S. The summed E-state index contributed by atoms with van der Waals surface area (Å²) in [6, 6.07) is 3.67. The fourth-order valence-electron chi connectivity index (χ4n) is 2.28. The average Bonchev–Trinajstić information content (AvgIpc) is 3.04. The van der Waals surface area contributed by atoms with Crippen LogP contribution in [0.5, 0.6) is 0 Å². The number of ether oxygens (including phenoxy) is 1. The van der Waals surface area contributed by atoms with Crippen molar-refractivity contribution in [3.63, 3.8) is 0 Å². The lowest BCUT2D eigenvalue weighted by Gasteiger charge is -2.27. The van der Waals surface area contributed by atoms with Gasteiger partial charge in [-0.15, -0.1) is 11.3 Å². The van der Waals surface area contributed by atoms with Crippen molar-refractivity contribution in [2.24, 2.45) is 0 Å². The minimum atomic E-state index is -0.185. The summed E-state index contributed by atoms with van der Waals surface area (Å²) in [7, 11) is 0. The van der Waals surface area contributed by atoms with Crippen molar-refractivity contribution in [3.05, 3.63) is 35.0 Å². The van der Waals surface area contributed by atoms with Gasteiger partial charge in [-0.1, -0.05) is 13.8 Å².